The van der Waals surface area contributed by atoms with Crippen LogP contribution < -0.4 is 16.8 Å². The largest absolute Gasteiger partial charge is 0.399 e. The minimum atomic E-state index is -0.356. The molecule has 0 saturated carbocycles. The number of amides is 1. The summed E-state index contributed by atoms with van der Waals surface area (Å²) in [5.74, 6) is 0.277. The highest BCUT2D eigenvalue weighted by Crippen LogP contribution is 2.15. The molecule has 1 unspecified atom stereocenters. The Balaban J connectivity index is 2.64. The first-order chi connectivity index (χ1) is 8.37. The van der Waals surface area contributed by atoms with Crippen LogP contribution in [0.5, 0.6) is 0 Å². The van der Waals surface area contributed by atoms with Crippen LogP contribution in [0.15, 0.2) is 24.3 Å². The summed E-state index contributed by atoms with van der Waals surface area (Å²) in [6, 6.07) is 7.33. The number of carbonyl (C=O) groups excluding carboxylic acids is 1. The maximum atomic E-state index is 12.0. The second kappa shape index (κ2) is 5.87. The molecule has 0 fully saturated rings. The van der Waals surface area contributed by atoms with E-state index >= 15 is 0 Å². The van der Waals surface area contributed by atoms with E-state index in [1.807, 2.05) is 19.1 Å². The van der Waals surface area contributed by atoms with E-state index in [4.69, 9.17) is 11.5 Å². The second-order valence-corrected chi connectivity index (χ2v) is 5.24. The molecule has 1 aromatic rings. The number of nitrogens with one attached hydrogen (secondary N) is 1. The molecule has 18 heavy (non-hydrogen) atoms. The van der Waals surface area contributed by atoms with Gasteiger partial charge in [-0.25, -0.2) is 0 Å². The van der Waals surface area contributed by atoms with Gasteiger partial charge in [0.2, 0.25) is 5.91 Å². The lowest BCUT2D eigenvalue weighted by atomic mass is 9.88. The van der Waals surface area contributed by atoms with Crippen molar-refractivity contribution in [1.29, 1.82) is 0 Å². The first kappa shape index (κ1) is 14.5. The van der Waals surface area contributed by atoms with Crippen molar-refractivity contribution in [2.75, 3.05) is 12.3 Å². The van der Waals surface area contributed by atoms with Crippen LogP contribution in [0, 0.1) is 5.92 Å². The van der Waals surface area contributed by atoms with Crippen LogP contribution in [0.4, 0.5) is 5.69 Å². The molecular weight excluding hydrogens is 226 g/mol. The molecule has 0 bridgehead atoms. The fourth-order valence-electron chi connectivity index (χ4n) is 1.61. The molecule has 0 spiro atoms. The molecular formula is C14H23N3O. The zero-order chi connectivity index (χ0) is 13.8. The monoisotopic (exact) mass is 249 g/mol. The Bertz CT molecular complexity index is 400. The smallest absolute Gasteiger partial charge is 0.224 e. The van der Waals surface area contributed by atoms with Gasteiger partial charge in [0.05, 0.1) is 12.0 Å². The molecule has 0 heterocycles. The van der Waals surface area contributed by atoms with Crippen molar-refractivity contribution in [3.63, 3.8) is 0 Å². The van der Waals surface area contributed by atoms with Gasteiger partial charge in [-0.1, -0.05) is 26.0 Å². The lowest BCUT2D eigenvalue weighted by Gasteiger charge is -2.33. The highest BCUT2D eigenvalue weighted by Gasteiger charge is 2.28. The first-order valence-corrected chi connectivity index (χ1v) is 6.23. The highest BCUT2D eigenvalue weighted by molar-refractivity contribution is 5.79. The zero-order valence-corrected chi connectivity index (χ0v) is 11.4. The quantitative estimate of drug-likeness (QED) is 0.688. The third-order valence-corrected chi connectivity index (χ3v) is 3.47. The molecule has 1 atom stereocenters. The van der Waals surface area contributed by atoms with Crippen molar-refractivity contribution < 1.29 is 4.79 Å². The van der Waals surface area contributed by atoms with Crippen molar-refractivity contribution in [2.45, 2.75) is 32.7 Å². The van der Waals surface area contributed by atoms with Gasteiger partial charge in [-0.2, -0.15) is 0 Å². The third kappa shape index (κ3) is 3.74. The lowest BCUT2D eigenvalue weighted by Crippen LogP contribution is -2.55. The summed E-state index contributed by atoms with van der Waals surface area (Å²) in [6.07, 6.45) is 0.350. The Hall–Kier alpha value is -1.55. The molecule has 5 N–H and O–H groups in total. The molecule has 0 aliphatic rings. The Morgan fingerprint density at radius 3 is 2.33 bits per heavy atom. The third-order valence-electron chi connectivity index (χ3n) is 3.47. The minimum Gasteiger partial charge on any atom is -0.399 e. The molecule has 0 aliphatic carbocycles. The first-order valence-electron chi connectivity index (χ1n) is 6.23. The lowest BCUT2D eigenvalue weighted by molar-refractivity contribution is -0.122. The molecule has 1 amide bonds. The topological polar surface area (TPSA) is 81.1 Å². The van der Waals surface area contributed by atoms with E-state index < -0.39 is 0 Å². The maximum absolute atomic E-state index is 12.0. The van der Waals surface area contributed by atoms with Gasteiger partial charge in [0, 0.05) is 12.2 Å². The summed E-state index contributed by atoms with van der Waals surface area (Å²) >= 11 is 0. The molecule has 0 aromatic heterocycles. The molecule has 4 nitrogen and oxygen atoms in total. The zero-order valence-electron chi connectivity index (χ0n) is 11.4. The molecule has 4 heteroatoms. The number of hydrogen-bond donors (Lipinski definition) is 3. The number of nitrogen functional groups attached to an aromatic ring is 1. The summed E-state index contributed by atoms with van der Waals surface area (Å²) in [6.45, 7) is 6.50. The average Bonchev–Trinajstić information content (AvgIpc) is 2.31. The molecule has 0 aliphatic heterocycles. The van der Waals surface area contributed by atoms with Crippen LogP contribution >= 0.6 is 0 Å². The number of benzene rings is 1. The fraction of sp³-hybridized carbons (Fsp3) is 0.500. The molecule has 1 aromatic carbocycles. The predicted molar refractivity (Wildman–Crippen MR) is 75.0 cm³/mol. The number of hydrogen-bond acceptors (Lipinski definition) is 3. The van der Waals surface area contributed by atoms with Gasteiger partial charge in [0.15, 0.2) is 0 Å². The van der Waals surface area contributed by atoms with Crippen molar-refractivity contribution in [3.8, 4) is 0 Å². The Kier molecular flexibility index (Phi) is 4.73. The van der Waals surface area contributed by atoms with Crippen LogP contribution in [-0.2, 0) is 11.2 Å². The SMILES string of the molecule is CC(C)C(C)(CN)NC(=O)Cc1ccc(N)cc1. The summed E-state index contributed by atoms with van der Waals surface area (Å²) in [5, 5.41) is 3.01. The summed E-state index contributed by atoms with van der Waals surface area (Å²) in [4.78, 5) is 12.0. The van der Waals surface area contributed by atoms with E-state index in [1.165, 1.54) is 0 Å². The van der Waals surface area contributed by atoms with Gasteiger partial charge >= 0.3 is 0 Å². The number of carbonyl (C=O) groups is 1. The van der Waals surface area contributed by atoms with Crippen LogP contribution in [0.25, 0.3) is 0 Å². The Labute approximate surface area is 109 Å². The van der Waals surface area contributed by atoms with Gasteiger partial charge in [-0.05, 0) is 30.5 Å². The van der Waals surface area contributed by atoms with Crippen LogP contribution in [0.3, 0.4) is 0 Å². The fourth-order valence-corrected chi connectivity index (χ4v) is 1.61. The molecule has 0 radical (unpaired) electrons. The van der Waals surface area contributed by atoms with Crippen LogP contribution in [0.1, 0.15) is 26.3 Å². The van der Waals surface area contributed by atoms with E-state index in [0.29, 0.717) is 18.7 Å². The van der Waals surface area contributed by atoms with Crippen LogP contribution in [0.2, 0.25) is 0 Å². The van der Waals surface area contributed by atoms with Crippen molar-refractivity contribution in [3.05, 3.63) is 29.8 Å². The standard InChI is InChI=1S/C14H23N3O/c1-10(2)14(3,9-15)17-13(18)8-11-4-6-12(16)7-5-11/h4-7,10H,8-9,15-16H2,1-3H3,(H,17,18). The van der Waals surface area contributed by atoms with Crippen LogP contribution in [-0.4, -0.2) is 18.0 Å². The number of nitrogens with two attached hydrogens (primary N) is 2. The molecule has 0 saturated heterocycles. The second-order valence-electron chi connectivity index (χ2n) is 5.24. The van der Waals surface area contributed by atoms with E-state index in [2.05, 4.69) is 19.2 Å². The van der Waals surface area contributed by atoms with Crippen molar-refractivity contribution in [1.82, 2.24) is 5.32 Å². The maximum Gasteiger partial charge on any atom is 0.224 e. The Morgan fingerprint density at radius 1 is 1.33 bits per heavy atom. The summed E-state index contributed by atoms with van der Waals surface area (Å²) in [5.41, 5.74) is 12.6. The Morgan fingerprint density at radius 2 is 1.89 bits per heavy atom. The van der Waals surface area contributed by atoms with E-state index in [0.717, 1.165) is 5.56 Å². The summed E-state index contributed by atoms with van der Waals surface area (Å²) < 4.78 is 0. The minimum absolute atomic E-state index is 0.0126. The van der Waals surface area contributed by atoms with E-state index in [1.54, 1.807) is 12.1 Å². The van der Waals surface area contributed by atoms with Crippen molar-refractivity contribution in [2.24, 2.45) is 11.7 Å². The number of anilines is 1. The molecule has 1 rings (SSSR count). The van der Waals surface area contributed by atoms with Gasteiger partial charge in [-0.15, -0.1) is 0 Å². The average molecular weight is 249 g/mol. The van der Waals surface area contributed by atoms with E-state index in [-0.39, 0.29) is 17.4 Å². The van der Waals surface area contributed by atoms with Gasteiger partial charge in [-0.3, -0.25) is 4.79 Å². The summed E-state index contributed by atoms with van der Waals surface area (Å²) in [7, 11) is 0. The predicted octanol–water partition coefficient (Wildman–Crippen LogP) is 1.30. The normalized spacial score (nSPS) is 14.3. The van der Waals surface area contributed by atoms with Gasteiger partial charge in [0.1, 0.15) is 0 Å². The van der Waals surface area contributed by atoms with Gasteiger partial charge < -0.3 is 16.8 Å². The van der Waals surface area contributed by atoms with Crippen molar-refractivity contribution >= 4 is 11.6 Å². The highest BCUT2D eigenvalue weighted by atomic mass is 16.1. The number of rotatable bonds is 5. The van der Waals surface area contributed by atoms with E-state index in [9.17, 15) is 4.79 Å². The van der Waals surface area contributed by atoms with Gasteiger partial charge in [0.25, 0.3) is 0 Å². The molecule has 100 valence electrons.